The summed E-state index contributed by atoms with van der Waals surface area (Å²) >= 11 is 5.42. The number of hydrogen-bond donors (Lipinski definition) is 0. The number of aromatic nitrogens is 7. The number of hydrogen-bond acceptors (Lipinski definition) is 25. The minimum Gasteiger partial charge on any atom is -0.466 e. The fraction of sp³-hybridized carbons (Fsp3) is 0.750. The van der Waals surface area contributed by atoms with Crippen molar-refractivity contribution in [2.24, 2.45) is 0 Å². The minimum atomic E-state index is -0.160. The molecular weight excluding hydrogens is 1810 g/mol. The van der Waals surface area contributed by atoms with Crippen LogP contribution in [0.25, 0.3) is 0 Å². The Kier molecular flexibility index (Phi) is 56.4. The lowest BCUT2D eigenvalue weighted by molar-refractivity contribution is 0.0877. The van der Waals surface area contributed by atoms with Gasteiger partial charge in [-0.1, -0.05) is 40.0 Å². The molecule has 0 unspecified atom stereocenters. The monoisotopic (exact) mass is 2030 g/mol. The molecule has 0 aliphatic carbocycles. The summed E-state index contributed by atoms with van der Waals surface area (Å²) in [7, 11) is 19.3. The highest BCUT2D eigenvalue weighted by atomic mass is 32.1. The fourth-order valence-electron chi connectivity index (χ4n) is 17.4. The molecule has 0 aliphatic heterocycles. The lowest BCUT2D eigenvalue weighted by Crippen LogP contribution is -2.43. The van der Waals surface area contributed by atoms with Gasteiger partial charge in [0.15, 0.2) is 11.7 Å². The van der Waals surface area contributed by atoms with Gasteiger partial charge >= 0.3 is 0 Å². The van der Waals surface area contributed by atoms with Crippen molar-refractivity contribution in [2.75, 3.05) is 63.4 Å². The Morgan fingerprint density at radius 1 is 0.234 bits per heavy atom. The van der Waals surface area contributed by atoms with Crippen molar-refractivity contribution in [3.63, 3.8) is 0 Å². The molecular formula is C116H220N16O6S3. The molecule has 141 heavy (non-hydrogen) atoms. The zero-order valence-electron chi connectivity index (χ0n) is 100. The first-order valence-corrected chi connectivity index (χ1v) is 52.5. The first-order chi connectivity index (χ1) is 61.8. The molecule has 0 fully saturated rings. The maximum Gasteiger partial charge on any atom is 0.214 e. The zero-order chi connectivity index (χ0) is 108. The fourth-order valence-corrected chi connectivity index (χ4v) is 20.5. The van der Waals surface area contributed by atoms with Crippen LogP contribution in [0.3, 0.4) is 0 Å². The second-order valence-corrected chi connectivity index (χ2v) is 49.3. The van der Waals surface area contributed by atoms with Crippen LogP contribution in [0, 0.1) is 138 Å². The smallest absolute Gasteiger partial charge is 0.214 e. The molecule has 25 heteroatoms. The van der Waals surface area contributed by atoms with E-state index >= 15 is 0 Å². The van der Waals surface area contributed by atoms with E-state index in [0.29, 0.717) is 54.4 Å². The van der Waals surface area contributed by atoms with Crippen LogP contribution in [0.5, 0.6) is 0 Å². The molecule has 0 saturated heterocycles. The zero-order valence-corrected chi connectivity index (χ0v) is 102. The third-order valence-electron chi connectivity index (χ3n) is 30.2. The number of aryl methyl sites for hydroxylation is 16. The van der Waals surface area contributed by atoms with E-state index in [1.54, 1.807) is 11.3 Å². The molecule has 9 rings (SSSR count). The number of nitrogens with zero attached hydrogens (tertiary/aromatic N) is 16. The average molecular weight is 2030 g/mol. The van der Waals surface area contributed by atoms with Crippen LogP contribution in [-0.4, -0.2) is 197 Å². The summed E-state index contributed by atoms with van der Waals surface area (Å²) in [6, 6.07) is 4.54. The second-order valence-electron chi connectivity index (χ2n) is 45.5. The summed E-state index contributed by atoms with van der Waals surface area (Å²) in [5.74, 6) is 9.48. The quantitative estimate of drug-likeness (QED) is 0.0470. The van der Waals surface area contributed by atoms with Gasteiger partial charge in [0, 0.05) is 109 Å². The Hall–Kier alpha value is -6.07. The van der Waals surface area contributed by atoms with Gasteiger partial charge in [0.25, 0.3) is 0 Å². The highest BCUT2D eigenvalue weighted by molar-refractivity contribution is 7.12. The van der Waals surface area contributed by atoms with E-state index in [0.717, 1.165) is 102 Å². The minimum absolute atomic E-state index is 0. The van der Waals surface area contributed by atoms with Gasteiger partial charge in [-0.15, -0.1) is 34.0 Å². The molecule has 9 aromatic heterocycles. The Balaban J connectivity index is -0.000000746. The van der Waals surface area contributed by atoms with Crippen LogP contribution in [-0.2, 0) is 49.9 Å². The van der Waals surface area contributed by atoms with E-state index in [-0.39, 0.29) is 79.6 Å². The molecule has 9 heterocycles. The highest BCUT2D eigenvalue weighted by Crippen LogP contribution is 2.42. The van der Waals surface area contributed by atoms with Gasteiger partial charge in [0.05, 0.1) is 83.0 Å². The van der Waals surface area contributed by atoms with Crippen molar-refractivity contribution in [1.29, 1.82) is 0 Å². The van der Waals surface area contributed by atoms with Crippen LogP contribution >= 0.6 is 34.0 Å². The molecule has 0 aromatic carbocycles. The number of furan rings is 2. The molecule has 0 radical (unpaired) electrons. The standard InChI is InChI=1S/2C14H25NO.4C12H22N2O.3C12H22N2S.4CH4/c2*1-9(2)15(8)14(6,7)13-10(3)11(4)16-12(13)5;1-8(2)14(7)12(5,6)11-9(3)13-10(4)15-11;1-8(2)14(7)12(5,6)11-13-9(3)10(4)15-11;1-8(2)14(7)12(5,6)11-9(3)10(4)15-13-11;1-8(2)14(7)12(5,6)11-9(3)10(4)13-15-11;1-8(2)14(7)12(5,6)11-9(3)15-10(4)13-11;1-8(2)14(7)12(5,6)11-9(3)13-10(4)15-11;1-8(2)14(7)12(5,6)11-13-9(3)10(4)15-11;;;;/h2*9H,1-8H3;7*8H,1-7H3;4*1H4. The Bertz CT molecular complexity index is 4650. The maximum absolute atomic E-state index is 5.73. The van der Waals surface area contributed by atoms with Gasteiger partial charge in [0.1, 0.15) is 51.0 Å². The summed E-state index contributed by atoms with van der Waals surface area (Å²) in [6.45, 7) is 121. The van der Waals surface area contributed by atoms with Crippen LogP contribution < -0.4 is 0 Å². The van der Waals surface area contributed by atoms with E-state index in [1.807, 2.05) is 78.1 Å². The maximum atomic E-state index is 5.73. The van der Waals surface area contributed by atoms with Gasteiger partial charge < -0.3 is 26.7 Å². The Morgan fingerprint density at radius 2 is 0.567 bits per heavy atom. The van der Waals surface area contributed by atoms with E-state index < -0.39 is 0 Å². The van der Waals surface area contributed by atoms with Crippen LogP contribution in [0.15, 0.2) is 26.7 Å². The van der Waals surface area contributed by atoms with Crippen LogP contribution in [0.4, 0.5) is 0 Å². The first kappa shape index (κ1) is 141. The summed E-state index contributed by atoms with van der Waals surface area (Å²) in [5.41, 5.74) is 14.8. The lowest BCUT2D eigenvalue weighted by Gasteiger charge is -2.39. The summed E-state index contributed by atoms with van der Waals surface area (Å²) in [6.07, 6.45) is 0. The van der Waals surface area contributed by atoms with E-state index in [1.165, 1.54) is 59.0 Å². The summed E-state index contributed by atoms with van der Waals surface area (Å²) < 4.78 is 33.5. The van der Waals surface area contributed by atoms with Gasteiger partial charge in [-0.2, -0.15) is 0 Å². The number of rotatable bonds is 27. The molecule has 0 amide bonds. The van der Waals surface area contributed by atoms with Gasteiger partial charge in [-0.05, 0) is 455 Å². The topological polar surface area (TPSA) is 198 Å². The molecule has 22 nitrogen and oxygen atoms in total. The normalized spacial score (nSPS) is 12.5. The van der Waals surface area contributed by atoms with Crippen molar-refractivity contribution in [3.8, 4) is 0 Å². The van der Waals surface area contributed by atoms with E-state index in [9.17, 15) is 0 Å². The first-order valence-electron chi connectivity index (χ1n) is 50.1. The molecule has 0 spiro atoms. The molecule has 0 aliphatic rings. The largest absolute Gasteiger partial charge is 0.466 e. The predicted molar refractivity (Wildman–Crippen MR) is 615 cm³/mol. The lowest BCUT2D eigenvalue weighted by atomic mass is 9.88. The van der Waals surface area contributed by atoms with Crippen molar-refractivity contribution in [1.82, 2.24) is 79.3 Å². The average Bonchev–Trinajstić information content (AvgIpc) is 1.63. The summed E-state index contributed by atoms with van der Waals surface area (Å²) in [5, 5.41) is 11.7. The highest BCUT2D eigenvalue weighted by Gasteiger charge is 2.41. The van der Waals surface area contributed by atoms with Crippen molar-refractivity contribution < 1.29 is 26.7 Å². The molecule has 0 bridgehead atoms. The van der Waals surface area contributed by atoms with Crippen LogP contribution in [0.2, 0.25) is 0 Å². The molecule has 0 N–H and O–H groups in total. The van der Waals surface area contributed by atoms with Crippen molar-refractivity contribution >= 4 is 34.0 Å². The van der Waals surface area contributed by atoms with Gasteiger partial charge in [0.2, 0.25) is 5.89 Å². The van der Waals surface area contributed by atoms with E-state index in [2.05, 4.69) is 475 Å². The third kappa shape index (κ3) is 35.6. The molecule has 0 atom stereocenters. The van der Waals surface area contributed by atoms with Crippen molar-refractivity contribution in [2.45, 2.75) is 522 Å². The molecule has 818 valence electrons. The second kappa shape index (κ2) is 56.4. The Morgan fingerprint density at radius 3 is 0.837 bits per heavy atom. The molecule has 9 aromatic rings. The van der Waals surface area contributed by atoms with Crippen LogP contribution in [0.1, 0.15) is 440 Å². The van der Waals surface area contributed by atoms with E-state index in [4.69, 9.17) is 26.7 Å². The third-order valence-corrected chi connectivity index (χ3v) is 33.9. The van der Waals surface area contributed by atoms with Gasteiger partial charge in [-0.25, -0.2) is 24.9 Å². The van der Waals surface area contributed by atoms with Gasteiger partial charge in [-0.3, -0.25) is 44.1 Å². The SMILES string of the molecule is C.C.C.C.Cc1nc(C(C)(C)N(C)C(C)C)c(C)s1.Cc1nc(C(C)(C)N(C)C(C)C)oc1C.Cc1nc(C(C)(C)N(C)C(C)C)sc1C.Cc1nc(C)c(C(C)(C)N(C)C(C)C)o1.Cc1nc(C)c(C(C)(C)N(C)C(C)C)s1.Cc1noc(C(C)(C)N(C)C(C)C)c1C.Cc1oc(C)c(C(C)(C)N(C)C(C)C)c1C.Cc1oc(C)c(C(C)(C)N(C)C(C)C)c1C.Cc1onc(C(C)(C)N(C)C(C)C)c1C. The predicted octanol–water partition coefficient (Wildman–Crippen LogP) is 31.6. The number of oxazole rings is 2. The summed E-state index contributed by atoms with van der Waals surface area (Å²) in [4.78, 5) is 47.7. The Labute approximate surface area is 880 Å². The van der Waals surface area contributed by atoms with Crippen molar-refractivity contribution in [3.05, 3.63) is 161 Å². The molecule has 0 saturated carbocycles. The number of thiazole rings is 3.